The SMILES string of the molecule is C[C](C)CCC(C)O. The molecule has 0 heterocycles. The number of aliphatic hydroxyl groups is 1. The Hall–Kier alpha value is -0.0400. The van der Waals surface area contributed by atoms with Crippen LogP contribution in [0.1, 0.15) is 33.6 Å². The van der Waals surface area contributed by atoms with Gasteiger partial charge in [0.1, 0.15) is 0 Å². The van der Waals surface area contributed by atoms with Crippen LogP contribution < -0.4 is 0 Å². The summed E-state index contributed by atoms with van der Waals surface area (Å²) in [5.41, 5.74) is 0. The molecule has 0 saturated carbocycles. The fourth-order valence-corrected chi connectivity index (χ4v) is 0.498. The summed E-state index contributed by atoms with van der Waals surface area (Å²) in [6.45, 7) is 5.99. The van der Waals surface area contributed by atoms with Gasteiger partial charge < -0.3 is 5.11 Å². The molecule has 0 spiro atoms. The van der Waals surface area contributed by atoms with Gasteiger partial charge in [-0.1, -0.05) is 13.8 Å². The molecule has 8 heavy (non-hydrogen) atoms. The van der Waals surface area contributed by atoms with Crippen LogP contribution in [0.15, 0.2) is 0 Å². The van der Waals surface area contributed by atoms with E-state index in [0.29, 0.717) is 0 Å². The van der Waals surface area contributed by atoms with Crippen molar-refractivity contribution in [1.82, 2.24) is 0 Å². The van der Waals surface area contributed by atoms with Crippen molar-refractivity contribution in [2.75, 3.05) is 0 Å². The van der Waals surface area contributed by atoms with Crippen molar-refractivity contribution in [1.29, 1.82) is 0 Å². The van der Waals surface area contributed by atoms with Crippen LogP contribution in [0.4, 0.5) is 0 Å². The van der Waals surface area contributed by atoms with Crippen molar-refractivity contribution in [3.63, 3.8) is 0 Å². The van der Waals surface area contributed by atoms with E-state index in [4.69, 9.17) is 5.11 Å². The normalized spacial score (nSPS) is 14.6. The van der Waals surface area contributed by atoms with Crippen molar-refractivity contribution in [2.45, 2.75) is 39.7 Å². The van der Waals surface area contributed by atoms with Crippen molar-refractivity contribution < 1.29 is 5.11 Å². The van der Waals surface area contributed by atoms with Gasteiger partial charge in [-0.05, 0) is 25.7 Å². The van der Waals surface area contributed by atoms with E-state index in [-0.39, 0.29) is 6.10 Å². The molecule has 0 aromatic carbocycles. The van der Waals surface area contributed by atoms with Gasteiger partial charge in [0.25, 0.3) is 0 Å². The second kappa shape index (κ2) is 3.90. The van der Waals surface area contributed by atoms with Gasteiger partial charge in [-0.25, -0.2) is 0 Å². The minimum absolute atomic E-state index is 0.134. The highest BCUT2D eigenvalue weighted by Crippen LogP contribution is 2.07. The molecule has 0 saturated heterocycles. The molecule has 0 amide bonds. The first kappa shape index (κ1) is 7.96. The van der Waals surface area contributed by atoms with Gasteiger partial charge in [-0.15, -0.1) is 0 Å². The smallest absolute Gasteiger partial charge is 0.0512 e. The van der Waals surface area contributed by atoms with Crippen molar-refractivity contribution >= 4 is 0 Å². The Kier molecular flexibility index (Phi) is 3.88. The molecule has 0 aromatic heterocycles. The molecule has 1 nitrogen and oxygen atoms in total. The van der Waals surface area contributed by atoms with Crippen molar-refractivity contribution in [3.05, 3.63) is 5.92 Å². The Balaban J connectivity index is 2.93. The van der Waals surface area contributed by atoms with E-state index in [1.807, 2.05) is 6.92 Å². The Bertz CT molecular complexity index is 40.3. The van der Waals surface area contributed by atoms with E-state index in [9.17, 15) is 0 Å². The topological polar surface area (TPSA) is 20.2 Å². The average molecular weight is 115 g/mol. The predicted molar refractivity (Wildman–Crippen MR) is 35.5 cm³/mol. The average Bonchev–Trinajstić information content (AvgIpc) is 1.61. The van der Waals surface area contributed by atoms with E-state index in [1.165, 1.54) is 5.92 Å². The van der Waals surface area contributed by atoms with Gasteiger partial charge in [0.15, 0.2) is 0 Å². The molecule has 0 aliphatic rings. The highest BCUT2D eigenvalue weighted by atomic mass is 16.3. The van der Waals surface area contributed by atoms with Crippen LogP contribution in [0.5, 0.6) is 0 Å². The third-order valence-electron chi connectivity index (χ3n) is 1.06. The van der Waals surface area contributed by atoms with Gasteiger partial charge >= 0.3 is 0 Å². The van der Waals surface area contributed by atoms with Gasteiger partial charge in [0.2, 0.25) is 0 Å². The van der Waals surface area contributed by atoms with Crippen LogP contribution in [0, 0.1) is 5.92 Å². The first-order valence-corrected chi connectivity index (χ1v) is 3.10. The lowest BCUT2D eigenvalue weighted by Crippen LogP contribution is -2.00. The predicted octanol–water partition coefficient (Wildman–Crippen LogP) is 1.76. The van der Waals surface area contributed by atoms with Gasteiger partial charge in [0.05, 0.1) is 6.10 Å². The maximum Gasteiger partial charge on any atom is 0.0512 e. The Morgan fingerprint density at radius 2 is 2.00 bits per heavy atom. The molecular weight excluding hydrogens is 100 g/mol. The molecule has 0 fully saturated rings. The molecule has 1 radical (unpaired) electrons. The highest BCUT2D eigenvalue weighted by Gasteiger charge is 1.97. The zero-order chi connectivity index (χ0) is 6.57. The van der Waals surface area contributed by atoms with E-state index >= 15 is 0 Å². The van der Waals surface area contributed by atoms with Crippen molar-refractivity contribution in [2.24, 2.45) is 0 Å². The summed E-state index contributed by atoms with van der Waals surface area (Å²) in [6.07, 6.45) is 1.82. The van der Waals surface area contributed by atoms with E-state index in [1.54, 1.807) is 0 Å². The maximum absolute atomic E-state index is 8.79. The van der Waals surface area contributed by atoms with Crippen LogP contribution in [-0.4, -0.2) is 11.2 Å². The molecule has 0 rings (SSSR count). The molecule has 0 aliphatic heterocycles. The minimum atomic E-state index is -0.134. The first-order chi connectivity index (χ1) is 3.63. The summed E-state index contributed by atoms with van der Waals surface area (Å²) in [5, 5.41) is 8.79. The molecule has 1 N–H and O–H groups in total. The van der Waals surface area contributed by atoms with Crippen LogP contribution in [0.25, 0.3) is 0 Å². The molecule has 1 atom stereocenters. The molecule has 0 aromatic rings. The molecule has 49 valence electrons. The van der Waals surface area contributed by atoms with Crippen LogP contribution in [0.2, 0.25) is 0 Å². The molecule has 0 bridgehead atoms. The lowest BCUT2D eigenvalue weighted by atomic mass is 10.1. The monoisotopic (exact) mass is 115 g/mol. The van der Waals surface area contributed by atoms with Crippen LogP contribution in [0.3, 0.4) is 0 Å². The second-order valence-corrected chi connectivity index (χ2v) is 2.59. The van der Waals surface area contributed by atoms with Crippen molar-refractivity contribution in [3.8, 4) is 0 Å². The molecule has 0 aliphatic carbocycles. The summed E-state index contributed by atoms with van der Waals surface area (Å²) in [7, 11) is 0. The van der Waals surface area contributed by atoms with Crippen LogP contribution in [-0.2, 0) is 0 Å². The largest absolute Gasteiger partial charge is 0.393 e. The summed E-state index contributed by atoms with van der Waals surface area (Å²) < 4.78 is 0. The molecular formula is C7H15O. The van der Waals surface area contributed by atoms with E-state index < -0.39 is 0 Å². The summed E-state index contributed by atoms with van der Waals surface area (Å²) in [6, 6.07) is 0. The fraction of sp³-hybridized carbons (Fsp3) is 0.857. The zero-order valence-corrected chi connectivity index (χ0v) is 5.94. The number of hydrogen-bond acceptors (Lipinski definition) is 1. The Labute approximate surface area is 51.7 Å². The number of hydrogen-bond donors (Lipinski definition) is 1. The highest BCUT2D eigenvalue weighted by molar-refractivity contribution is 4.76. The fourth-order valence-electron chi connectivity index (χ4n) is 0.498. The van der Waals surface area contributed by atoms with E-state index in [0.717, 1.165) is 12.8 Å². The Morgan fingerprint density at radius 1 is 1.50 bits per heavy atom. The third kappa shape index (κ3) is 5.96. The quantitative estimate of drug-likeness (QED) is 0.594. The van der Waals surface area contributed by atoms with E-state index in [2.05, 4.69) is 13.8 Å². The first-order valence-electron chi connectivity index (χ1n) is 3.10. The molecule has 1 heteroatoms. The number of aliphatic hydroxyl groups excluding tert-OH is 1. The van der Waals surface area contributed by atoms with Gasteiger partial charge in [-0.2, -0.15) is 0 Å². The maximum atomic E-state index is 8.79. The van der Waals surface area contributed by atoms with Crippen LogP contribution >= 0.6 is 0 Å². The summed E-state index contributed by atoms with van der Waals surface area (Å²) in [4.78, 5) is 0. The van der Waals surface area contributed by atoms with Gasteiger partial charge in [-0.3, -0.25) is 0 Å². The lowest BCUT2D eigenvalue weighted by molar-refractivity contribution is 0.183. The lowest BCUT2D eigenvalue weighted by Gasteiger charge is -2.04. The standard InChI is InChI=1S/C7H15O/c1-6(2)4-5-7(3)8/h7-8H,4-5H2,1-3H3. The second-order valence-electron chi connectivity index (χ2n) is 2.59. The summed E-state index contributed by atoms with van der Waals surface area (Å²) in [5.74, 6) is 1.39. The number of rotatable bonds is 3. The summed E-state index contributed by atoms with van der Waals surface area (Å²) >= 11 is 0. The van der Waals surface area contributed by atoms with Gasteiger partial charge in [0, 0.05) is 0 Å². The molecule has 1 unspecified atom stereocenters. The third-order valence-corrected chi connectivity index (χ3v) is 1.06. The minimum Gasteiger partial charge on any atom is -0.393 e. The Morgan fingerprint density at radius 3 is 2.12 bits per heavy atom. The zero-order valence-electron chi connectivity index (χ0n) is 5.94.